The predicted molar refractivity (Wildman–Crippen MR) is 118 cm³/mol. The van der Waals surface area contributed by atoms with Crippen LogP contribution in [0.2, 0.25) is 0 Å². The fourth-order valence-corrected chi connectivity index (χ4v) is 4.97. The first-order chi connectivity index (χ1) is 13.8. The summed E-state index contributed by atoms with van der Waals surface area (Å²) in [5.41, 5.74) is 1.49. The van der Waals surface area contributed by atoms with Crippen LogP contribution >= 0.6 is 22.6 Å². The molecular weight excluding hydrogens is 511 g/mol. The van der Waals surface area contributed by atoms with Crippen molar-refractivity contribution in [1.29, 1.82) is 0 Å². The van der Waals surface area contributed by atoms with Gasteiger partial charge in [0.15, 0.2) is 0 Å². The van der Waals surface area contributed by atoms with Crippen molar-refractivity contribution in [3.63, 3.8) is 0 Å². The van der Waals surface area contributed by atoms with Gasteiger partial charge in [-0.3, -0.25) is 0 Å². The summed E-state index contributed by atoms with van der Waals surface area (Å²) in [5, 5.41) is 9.82. The highest BCUT2D eigenvalue weighted by Crippen LogP contribution is 2.49. The summed E-state index contributed by atoms with van der Waals surface area (Å²) in [6.07, 6.45) is -3.13. The normalized spacial score (nSPS) is 16.7. The number of hydrogen-bond acceptors (Lipinski definition) is 2. The van der Waals surface area contributed by atoms with E-state index in [9.17, 15) is 22.7 Å². The van der Waals surface area contributed by atoms with E-state index in [-0.39, 0.29) is 9.49 Å². The van der Waals surface area contributed by atoms with E-state index in [4.69, 9.17) is 4.74 Å². The Kier molecular flexibility index (Phi) is 6.45. The van der Waals surface area contributed by atoms with E-state index < -0.39 is 23.2 Å². The topological polar surface area (TPSA) is 29.5 Å². The highest BCUT2D eigenvalue weighted by molar-refractivity contribution is 14.1. The second kappa shape index (κ2) is 8.30. The fraction of sp³-hybridized carbons (Fsp3) is 0.478. The summed E-state index contributed by atoms with van der Waals surface area (Å²) in [6, 6.07) is 4.53. The van der Waals surface area contributed by atoms with Crippen LogP contribution in [0.25, 0.3) is 11.1 Å². The molecule has 0 saturated heterocycles. The maximum absolute atomic E-state index is 14.8. The molecule has 2 aromatic rings. The van der Waals surface area contributed by atoms with E-state index in [0.29, 0.717) is 48.3 Å². The van der Waals surface area contributed by atoms with Crippen molar-refractivity contribution in [1.82, 2.24) is 0 Å². The summed E-state index contributed by atoms with van der Waals surface area (Å²) in [7, 11) is 0. The average molecular weight is 536 g/mol. The molecule has 2 aromatic carbocycles. The van der Waals surface area contributed by atoms with Gasteiger partial charge in [0.25, 0.3) is 0 Å². The van der Waals surface area contributed by atoms with Gasteiger partial charge in [0.2, 0.25) is 0 Å². The number of rotatable bonds is 5. The lowest BCUT2D eigenvalue weighted by Crippen LogP contribution is -2.21. The van der Waals surface area contributed by atoms with Gasteiger partial charge in [-0.05, 0) is 86.6 Å². The molecule has 7 heteroatoms. The molecule has 1 aliphatic rings. The van der Waals surface area contributed by atoms with Crippen LogP contribution in [0.3, 0.4) is 0 Å². The Morgan fingerprint density at radius 1 is 1.13 bits per heavy atom. The Labute approximate surface area is 187 Å². The molecule has 0 aliphatic heterocycles. The highest BCUT2D eigenvalue weighted by atomic mass is 127. The van der Waals surface area contributed by atoms with Crippen molar-refractivity contribution in [3.8, 4) is 16.9 Å². The Hall–Kier alpha value is -1.35. The third-order valence-electron chi connectivity index (χ3n) is 5.44. The Morgan fingerprint density at radius 3 is 2.27 bits per heavy atom. The number of aryl methyl sites for hydroxylation is 2. The van der Waals surface area contributed by atoms with Gasteiger partial charge >= 0.3 is 6.18 Å². The monoisotopic (exact) mass is 536 g/mol. The van der Waals surface area contributed by atoms with Crippen LogP contribution in [0.4, 0.5) is 17.6 Å². The minimum Gasteiger partial charge on any atom is -0.493 e. The predicted octanol–water partition coefficient (Wildman–Crippen LogP) is 7.09. The van der Waals surface area contributed by atoms with Crippen molar-refractivity contribution in [2.75, 3.05) is 6.61 Å². The largest absolute Gasteiger partial charge is 0.493 e. The molecule has 30 heavy (non-hydrogen) atoms. The van der Waals surface area contributed by atoms with Crippen LogP contribution in [0.15, 0.2) is 18.2 Å². The van der Waals surface area contributed by atoms with Crippen LogP contribution in [0.1, 0.15) is 58.4 Å². The molecule has 0 radical (unpaired) electrons. The maximum atomic E-state index is 14.8. The third kappa shape index (κ3) is 4.77. The van der Waals surface area contributed by atoms with Crippen molar-refractivity contribution < 1.29 is 27.4 Å². The van der Waals surface area contributed by atoms with Crippen LogP contribution in [-0.4, -0.2) is 17.3 Å². The summed E-state index contributed by atoms with van der Waals surface area (Å²) in [4.78, 5) is 0. The second-order valence-corrected chi connectivity index (χ2v) is 10.0. The quantitative estimate of drug-likeness (QED) is 0.251. The van der Waals surface area contributed by atoms with Gasteiger partial charge in [-0.2, -0.15) is 13.2 Å². The van der Waals surface area contributed by atoms with E-state index in [2.05, 4.69) is 0 Å². The zero-order valence-corrected chi connectivity index (χ0v) is 19.5. The van der Waals surface area contributed by atoms with E-state index >= 15 is 0 Å². The van der Waals surface area contributed by atoms with E-state index in [1.54, 1.807) is 26.0 Å². The summed E-state index contributed by atoms with van der Waals surface area (Å²) in [5.74, 6) is -0.542. The lowest BCUT2D eigenvalue weighted by atomic mass is 9.88. The number of fused-ring (bicyclic) bond motifs is 1. The smallest absolute Gasteiger partial charge is 0.419 e. The molecule has 1 N–H and O–H groups in total. The van der Waals surface area contributed by atoms with Crippen LogP contribution in [0.5, 0.6) is 5.75 Å². The number of alkyl halides is 4. The SMILES string of the molecule is Cc1cc(OCCC(C)(C)O)cc(C)c1-c1cc(C(F)(F)F)c(F)c2c1CC[C@H]2I. The second-order valence-electron chi connectivity index (χ2n) is 8.52. The van der Waals surface area contributed by atoms with Gasteiger partial charge in [-0.1, -0.05) is 22.6 Å². The molecule has 3 rings (SSSR count). The maximum Gasteiger partial charge on any atom is 0.419 e. The summed E-state index contributed by atoms with van der Waals surface area (Å²) in [6.45, 7) is 7.37. The summed E-state index contributed by atoms with van der Waals surface area (Å²) < 4.78 is 60.9. The Morgan fingerprint density at radius 2 is 1.73 bits per heavy atom. The molecule has 1 atom stereocenters. The Balaban J connectivity index is 2.08. The molecule has 1 aliphatic carbocycles. The van der Waals surface area contributed by atoms with Crippen molar-refractivity contribution in [2.24, 2.45) is 0 Å². The number of ether oxygens (including phenoxy) is 1. The van der Waals surface area contributed by atoms with E-state index in [1.165, 1.54) is 0 Å². The number of halogens is 5. The zero-order valence-electron chi connectivity index (χ0n) is 17.4. The van der Waals surface area contributed by atoms with Gasteiger partial charge in [0, 0.05) is 15.9 Å². The van der Waals surface area contributed by atoms with Crippen LogP contribution in [-0.2, 0) is 12.6 Å². The minimum absolute atomic E-state index is 0.185. The van der Waals surface area contributed by atoms with Crippen LogP contribution < -0.4 is 4.74 Å². The zero-order chi connectivity index (χ0) is 22.4. The molecule has 0 fully saturated rings. The molecule has 0 spiro atoms. The van der Waals surface area contributed by atoms with Gasteiger partial charge in [0.1, 0.15) is 11.6 Å². The molecule has 0 saturated carbocycles. The number of aliphatic hydroxyl groups is 1. The first-order valence-electron chi connectivity index (χ1n) is 9.83. The molecular formula is C23H25F4IO2. The third-order valence-corrected chi connectivity index (χ3v) is 6.68. The van der Waals surface area contributed by atoms with Crippen molar-refractivity contribution >= 4 is 22.6 Å². The Bertz CT molecular complexity index is 938. The van der Waals surface area contributed by atoms with Crippen molar-refractivity contribution in [3.05, 3.63) is 51.8 Å². The highest BCUT2D eigenvalue weighted by Gasteiger charge is 2.39. The summed E-state index contributed by atoms with van der Waals surface area (Å²) >= 11 is 2.03. The molecule has 2 nitrogen and oxygen atoms in total. The first-order valence-corrected chi connectivity index (χ1v) is 11.1. The minimum atomic E-state index is -4.76. The molecule has 0 bridgehead atoms. The van der Waals surface area contributed by atoms with Gasteiger partial charge in [-0.25, -0.2) is 4.39 Å². The van der Waals surface area contributed by atoms with Crippen LogP contribution in [0, 0.1) is 19.7 Å². The average Bonchev–Trinajstić information content (AvgIpc) is 2.96. The number of benzene rings is 2. The van der Waals surface area contributed by atoms with Gasteiger partial charge < -0.3 is 9.84 Å². The molecule has 0 aromatic heterocycles. The molecule has 164 valence electrons. The standard InChI is InChI=1S/C23H25F4IO2/c1-12-9-14(30-8-7-22(3,4)29)10-13(2)19(12)16-11-17(23(25,26)27)21(24)20-15(16)5-6-18(20)28/h9-11,18,29H,5-8H2,1-4H3/t18-/m1/s1. The van der Waals surface area contributed by atoms with E-state index in [1.807, 2.05) is 36.4 Å². The fourth-order valence-electron chi connectivity index (χ4n) is 4.01. The number of hydrogen-bond donors (Lipinski definition) is 1. The van der Waals surface area contributed by atoms with Gasteiger partial charge in [-0.15, -0.1) is 0 Å². The molecule has 0 unspecified atom stereocenters. The van der Waals surface area contributed by atoms with E-state index in [0.717, 1.165) is 17.2 Å². The van der Waals surface area contributed by atoms with Gasteiger partial charge in [0.05, 0.1) is 17.8 Å². The molecule has 0 heterocycles. The van der Waals surface area contributed by atoms with Crippen molar-refractivity contribution in [2.45, 2.75) is 62.7 Å². The lowest BCUT2D eigenvalue weighted by Gasteiger charge is -2.21. The first kappa shape index (κ1) is 23.3. The molecule has 0 amide bonds. The lowest BCUT2D eigenvalue weighted by molar-refractivity contribution is -0.140.